The largest absolute Gasteiger partial charge is 0.373 e. The second-order valence-corrected chi connectivity index (χ2v) is 8.02. The minimum absolute atomic E-state index is 0.0636. The van der Waals surface area contributed by atoms with Crippen LogP contribution in [0.4, 0.5) is 17.3 Å². The van der Waals surface area contributed by atoms with Crippen LogP contribution in [0.3, 0.4) is 0 Å². The number of carbonyl (C=O) groups is 1. The number of rotatable bonds is 6. The van der Waals surface area contributed by atoms with Gasteiger partial charge in [-0.25, -0.2) is 4.98 Å². The molecule has 0 bridgehead atoms. The molecule has 5 rings (SSSR count). The highest BCUT2D eigenvalue weighted by Crippen LogP contribution is 2.30. The number of nitrogens with zero attached hydrogens (tertiary/aromatic N) is 4. The number of carbonyl (C=O) groups excluding carboxylic acids is 1. The zero-order valence-electron chi connectivity index (χ0n) is 16.9. The van der Waals surface area contributed by atoms with Crippen molar-refractivity contribution in [1.29, 1.82) is 0 Å². The first kappa shape index (κ1) is 18.7. The lowest BCUT2D eigenvalue weighted by Gasteiger charge is -2.27. The van der Waals surface area contributed by atoms with E-state index in [2.05, 4.69) is 26.0 Å². The van der Waals surface area contributed by atoms with Gasteiger partial charge in [0, 0.05) is 31.4 Å². The average Bonchev–Trinajstić information content (AvgIpc) is 3.09. The molecule has 3 N–H and O–H groups in total. The van der Waals surface area contributed by atoms with Crippen molar-refractivity contribution in [3.8, 4) is 0 Å². The second kappa shape index (κ2) is 7.47. The first-order valence-electron chi connectivity index (χ1n) is 10.5. The van der Waals surface area contributed by atoms with Crippen LogP contribution in [-0.2, 0) is 0 Å². The standard InChI is InChI=1S/C21H25N7O2/c1-22-18-11-17(25-16-9-4-10-27(21(16)30)14-7-3-8-14)26-19-15(12-23-28(18)19)20(29)24-13-5-2-6-13/h4,9-14,22H,2-3,5-8H2,1H3,(H,24,29)(H,25,26). The molecule has 3 aromatic rings. The maximum Gasteiger partial charge on any atom is 0.274 e. The number of aromatic nitrogens is 4. The average molecular weight is 407 g/mol. The fourth-order valence-corrected chi connectivity index (χ4v) is 3.88. The molecule has 0 aliphatic heterocycles. The predicted molar refractivity (Wildman–Crippen MR) is 115 cm³/mol. The van der Waals surface area contributed by atoms with E-state index in [1.54, 1.807) is 28.3 Å². The topological polar surface area (TPSA) is 105 Å². The summed E-state index contributed by atoms with van der Waals surface area (Å²) in [7, 11) is 1.78. The van der Waals surface area contributed by atoms with E-state index in [9.17, 15) is 9.59 Å². The zero-order valence-corrected chi connectivity index (χ0v) is 16.9. The summed E-state index contributed by atoms with van der Waals surface area (Å²) in [4.78, 5) is 30.2. The Bertz CT molecular complexity index is 1160. The van der Waals surface area contributed by atoms with Gasteiger partial charge in [0.15, 0.2) is 5.65 Å². The summed E-state index contributed by atoms with van der Waals surface area (Å²) >= 11 is 0. The number of hydrogen-bond acceptors (Lipinski definition) is 6. The van der Waals surface area contributed by atoms with Gasteiger partial charge in [0.05, 0.1) is 6.20 Å². The quantitative estimate of drug-likeness (QED) is 0.580. The van der Waals surface area contributed by atoms with Crippen molar-refractivity contribution in [2.45, 2.75) is 50.6 Å². The molecule has 2 aliphatic rings. The highest BCUT2D eigenvalue weighted by Gasteiger charge is 2.24. The monoisotopic (exact) mass is 407 g/mol. The summed E-state index contributed by atoms with van der Waals surface area (Å²) in [6, 6.07) is 5.90. The van der Waals surface area contributed by atoms with Gasteiger partial charge in [-0.05, 0) is 50.7 Å². The van der Waals surface area contributed by atoms with Crippen LogP contribution in [0.1, 0.15) is 54.9 Å². The van der Waals surface area contributed by atoms with Crippen LogP contribution in [0.15, 0.2) is 35.4 Å². The van der Waals surface area contributed by atoms with Crippen LogP contribution in [0, 0.1) is 0 Å². The SMILES string of the molecule is CNc1cc(Nc2cccn(C3CCC3)c2=O)nc2c(C(=O)NC3CCC3)cnn12. The zero-order chi connectivity index (χ0) is 20.7. The van der Waals surface area contributed by atoms with E-state index in [-0.39, 0.29) is 23.6 Å². The minimum atomic E-state index is -0.173. The third kappa shape index (κ3) is 3.20. The van der Waals surface area contributed by atoms with Gasteiger partial charge in [-0.15, -0.1) is 0 Å². The van der Waals surface area contributed by atoms with Crippen LogP contribution in [-0.4, -0.2) is 38.2 Å². The van der Waals surface area contributed by atoms with Gasteiger partial charge in [-0.1, -0.05) is 0 Å². The van der Waals surface area contributed by atoms with Crippen LogP contribution < -0.4 is 21.5 Å². The molecular weight excluding hydrogens is 382 g/mol. The number of hydrogen-bond donors (Lipinski definition) is 3. The van der Waals surface area contributed by atoms with Crippen LogP contribution >= 0.6 is 0 Å². The van der Waals surface area contributed by atoms with Gasteiger partial charge >= 0.3 is 0 Å². The minimum Gasteiger partial charge on any atom is -0.373 e. The Labute approximate surface area is 173 Å². The van der Waals surface area contributed by atoms with E-state index in [0.29, 0.717) is 28.5 Å². The van der Waals surface area contributed by atoms with E-state index >= 15 is 0 Å². The van der Waals surface area contributed by atoms with Crippen molar-refractivity contribution in [3.63, 3.8) is 0 Å². The van der Waals surface area contributed by atoms with Gasteiger partial charge in [-0.2, -0.15) is 9.61 Å². The second-order valence-electron chi connectivity index (χ2n) is 8.02. The van der Waals surface area contributed by atoms with Crippen molar-refractivity contribution in [3.05, 3.63) is 46.5 Å². The number of fused-ring (bicyclic) bond motifs is 1. The third-order valence-electron chi connectivity index (χ3n) is 6.12. The lowest BCUT2D eigenvalue weighted by atomic mass is 9.93. The molecule has 156 valence electrons. The molecule has 0 aromatic carbocycles. The van der Waals surface area contributed by atoms with Gasteiger partial charge in [0.1, 0.15) is 22.9 Å². The van der Waals surface area contributed by atoms with Crippen molar-refractivity contribution < 1.29 is 4.79 Å². The molecule has 3 aromatic heterocycles. The Morgan fingerprint density at radius 3 is 2.67 bits per heavy atom. The van der Waals surface area contributed by atoms with Gasteiger partial charge in [-0.3, -0.25) is 9.59 Å². The molecule has 0 spiro atoms. The van der Waals surface area contributed by atoms with E-state index in [4.69, 9.17) is 0 Å². The smallest absolute Gasteiger partial charge is 0.274 e. The Morgan fingerprint density at radius 2 is 2.00 bits per heavy atom. The molecule has 2 fully saturated rings. The van der Waals surface area contributed by atoms with E-state index in [1.165, 1.54) is 6.20 Å². The fraction of sp³-hybridized carbons (Fsp3) is 0.429. The Balaban J connectivity index is 1.49. The highest BCUT2D eigenvalue weighted by atomic mass is 16.2. The summed E-state index contributed by atoms with van der Waals surface area (Å²) in [5, 5.41) is 13.6. The molecular formula is C21H25N7O2. The van der Waals surface area contributed by atoms with Gasteiger partial charge < -0.3 is 20.5 Å². The number of anilines is 3. The summed E-state index contributed by atoms with van der Waals surface area (Å²) in [6.45, 7) is 0. The molecule has 30 heavy (non-hydrogen) atoms. The molecule has 0 radical (unpaired) electrons. The lowest BCUT2D eigenvalue weighted by Crippen LogP contribution is -2.39. The molecule has 2 saturated carbocycles. The lowest BCUT2D eigenvalue weighted by molar-refractivity contribution is 0.0918. The number of amides is 1. The number of pyridine rings is 1. The molecule has 2 aliphatic carbocycles. The normalized spacial score (nSPS) is 16.7. The van der Waals surface area contributed by atoms with Crippen molar-refractivity contribution in [2.24, 2.45) is 0 Å². The Hall–Kier alpha value is -3.36. The maximum absolute atomic E-state index is 12.9. The molecule has 1 amide bonds. The van der Waals surface area contributed by atoms with E-state index < -0.39 is 0 Å². The van der Waals surface area contributed by atoms with Crippen LogP contribution in [0.25, 0.3) is 5.65 Å². The Kier molecular flexibility index (Phi) is 4.65. The first-order chi connectivity index (χ1) is 14.6. The van der Waals surface area contributed by atoms with Gasteiger partial charge in [0.2, 0.25) is 0 Å². The first-order valence-corrected chi connectivity index (χ1v) is 10.5. The molecule has 0 atom stereocenters. The molecule has 0 unspecified atom stereocenters. The summed E-state index contributed by atoms with van der Waals surface area (Å²) < 4.78 is 3.39. The Morgan fingerprint density at radius 1 is 1.20 bits per heavy atom. The maximum atomic E-state index is 12.9. The fourth-order valence-electron chi connectivity index (χ4n) is 3.88. The molecule has 9 nitrogen and oxygen atoms in total. The predicted octanol–water partition coefficient (Wildman–Crippen LogP) is 2.68. The van der Waals surface area contributed by atoms with Crippen LogP contribution in [0.2, 0.25) is 0 Å². The highest BCUT2D eigenvalue weighted by molar-refractivity contribution is 6.00. The summed E-state index contributed by atoms with van der Waals surface area (Å²) in [5.74, 6) is 0.974. The van der Waals surface area contributed by atoms with Crippen LogP contribution in [0.5, 0.6) is 0 Å². The molecule has 3 heterocycles. The summed E-state index contributed by atoms with van der Waals surface area (Å²) in [6.07, 6.45) is 9.76. The molecule has 0 saturated heterocycles. The summed E-state index contributed by atoms with van der Waals surface area (Å²) in [5.41, 5.74) is 1.26. The van der Waals surface area contributed by atoms with Crippen molar-refractivity contribution in [1.82, 2.24) is 24.5 Å². The van der Waals surface area contributed by atoms with E-state index in [0.717, 1.165) is 38.5 Å². The van der Waals surface area contributed by atoms with E-state index in [1.807, 2.05) is 12.3 Å². The van der Waals surface area contributed by atoms with Crippen molar-refractivity contribution in [2.75, 3.05) is 17.7 Å². The van der Waals surface area contributed by atoms with Gasteiger partial charge in [0.25, 0.3) is 11.5 Å². The molecule has 9 heteroatoms. The van der Waals surface area contributed by atoms with Crippen molar-refractivity contribution >= 4 is 28.9 Å². The third-order valence-corrected chi connectivity index (χ3v) is 6.12. The number of nitrogens with one attached hydrogen (secondary N) is 3.